The summed E-state index contributed by atoms with van der Waals surface area (Å²) in [5.41, 5.74) is 2.96. The predicted molar refractivity (Wildman–Crippen MR) is 120 cm³/mol. The Morgan fingerprint density at radius 2 is 1.69 bits per heavy atom. The molecule has 9 nitrogen and oxygen atoms in total. The number of hydrogen-bond acceptors (Lipinski definition) is 5. The van der Waals surface area contributed by atoms with Crippen molar-refractivity contribution in [3.63, 3.8) is 0 Å². The largest absolute Gasteiger partial charge is 0.391 e. The van der Waals surface area contributed by atoms with Crippen LogP contribution < -0.4 is 15.5 Å². The van der Waals surface area contributed by atoms with E-state index in [0.717, 1.165) is 11.3 Å². The molecule has 168 valence electrons. The number of aliphatic hydroxyl groups excluding tert-OH is 1. The van der Waals surface area contributed by atoms with Crippen LogP contribution in [0.25, 0.3) is 0 Å². The average Bonchev–Trinajstić information content (AvgIpc) is 3.18. The zero-order chi connectivity index (χ0) is 22.7. The molecule has 2 saturated heterocycles. The minimum Gasteiger partial charge on any atom is -0.391 e. The Morgan fingerprint density at radius 1 is 1.03 bits per heavy atom. The van der Waals surface area contributed by atoms with E-state index < -0.39 is 18.2 Å². The molecule has 1 unspecified atom stereocenters. The number of rotatable bonds is 4. The number of hydrogen-bond donors (Lipinski definition) is 3. The van der Waals surface area contributed by atoms with Crippen LogP contribution in [0.3, 0.4) is 0 Å². The molecule has 4 rings (SSSR count). The number of urea groups is 1. The van der Waals surface area contributed by atoms with Crippen molar-refractivity contribution in [3.05, 3.63) is 54.1 Å². The van der Waals surface area contributed by atoms with Crippen molar-refractivity contribution in [2.24, 2.45) is 0 Å². The summed E-state index contributed by atoms with van der Waals surface area (Å²) in [6.07, 6.45) is -0.614. The number of anilines is 3. The highest BCUT2D eigenvalue weighted by Gasteiger charge is 2.39. The number of morpholine rings is 1. The third-order valence-electron chi connectivity index (χ3n) is 5.58. The zero-order valence-corrected chi connectivity index (χ0v) is 17.8. The van der Waals surface area contributed by atoms with Gasteiger partial charge < -0.3 is 30.3 Å². The quantitative estimate of drug-likeness (QED) is 0.676. The van der Waals surface area contributed by atoms with Gasteiger partial charge in [0, 0.05) is 36.6 Å². The average molecular weight is 438 g/mol. The molecule has 2 aliphatic heterocycles. The van der Waals surface area contributed by atoms with Gasteiger partial charge in [-0.1, -0.05) is 17.7 Å². The number of ether oxygens (including phenoxy) is 1. The van der Waals surface area contributed by atoms with E-state index in [1.54, 1.807) is 41.3 Å². The lowest BCUT2D eigenvalue weighted by Crippen LogP contribution is -2.45. The molecule has 0 spiro atoms. The Hall–Kier alpha value is -3.43. The molecule has 2 aromatic rings. The second-order valence-electron chi connectivity index (χ2n) is 7.99. The lowest BCUT2D eigenvalue weighted by atomic mass is 10.1. The van der Waals surface area contributed by atoms with Crippen LogP contribution in [0.4, 0.5) is 21.9 Å². The van der Waals surface area contributed by atoms with Crippen LogP contribution in [0.5, 0.6) is 0 Å². The number of aliphatic hydroxyl groups is 1. The van der Waals surface area contributed by atoms with Crippen LogP contribution in [0.15, 0.2) is 48.5 Å². The Morgan fingerprint density at radius 3 is 2.38 bits per heavy atom. The number of amides is 4. The maximum atomic E-state index is 12.9. The molecule has 3 N–H and O–H groups in total. The monoisotopic (exact) mass is 438 g/mol. The minimum absolute atomic E-state index is 0.0585. The van der Waals surface area contributed by atoms with Gasteiger partial charge in [0.2, 0.25) is 5.91 Å². The van der Waals surface area contributed by atoms with E-state index in [9.17, 15) is 19.5 Å². The van der Waals surface area contributed by atoms with Gasteiger partial charge in [0.05, 0.1) is 12.7 Å². The fourth-order valence-electron chi connectivity index (χ4n) is 3.86. The van der Waals surface area contributed by atoms with Gasteiger partial charge in [0.1, 0.15) is 12.6 Å². The highest BCUT2D eigenvalue weighted by atomic mass is 16.5. The van der Waals surface area contributed by atoms with Crippen molar-refractivity contribution in [1.29, 1.82) is 0 Å². The molecular weight excluding hydrogens is 412 g/mol. The Balaban J connectivity index is 1.40. The summed E-state index contributed by atoms with van der Waals surface area (Å²) in [7, 11) is 0. The molecule has 2 aliphatic rings. The van der Waals surface area contributed by atoms with Crippen molar-refractivity contribution in [2.75, 3.05) is 41.8 Å². The molecular formula is C23H26N4O5. The predicted octanol–water partition coefficient (Wildman–Crippen LogP) is 1.96. The fraction of sp³-hybridized carbons (Fsp3) is 0.348. The summed E-state index contributed by atoms with van der Waals surface area (Å²) in [6, 6.07) is 13.0. The van der Waals surface area contributed by atoms with Gasteiger partial charge in [-0.2, -0.15) is 0 Å². The van der Waals surface area contributed by atoms with Gasteiger partial charge in [0.15, 0.2) is 0 Å². The molecule has 4 amide bonds. The van der Waals surface area contributed by atoms with E-state index in [0.29, 0.717) is 24.5 Å². The van der Waals surface area contributed by atoms with Crippen LogP contribution in [0.1, 0.15) is 12.0 Å². The van der Waals surface area contributed by atoms with Crippen LogP contribution in [0.2, 0.25) is 0 Å². The Kier molecular flexibility index (Phi) is 6.38. The molecule has 2 atom stereocenters. The van der Waals surface area contributed by atoms with E-state index in [4.69, 9.17) is 4.74 Å². The first-order valence-corrected chi connectivity index (χ1v) is 10.5. The number of aryl methyl sites for hydroxylation is 1. The number of carbonyl (C=O) groups is 3. The van der Waals surface area contributed by atoms with Crippen LogP contribution in [-0.4, -0.2) is 66.3 Å². The number of likely N-dealkylation sites (tertiary alicyclic amines) is 1. The first-order valence-electron chi connectivity index (χ1n) is 10.5. The number of nitrogens with one attached hydrogen (secondary N) is 2. The third-order valence-corrected chi connectivity index (χ3v) is 5.58. The van der Waals surface area contributed by atoms with Crippen molar-refractivity contribution in [1.82, 2.24) is 4.90 Å². The van der Waals surface area contributed by atoms with E-state index in [2.05, 4.69) is 10.6 Å². The molecule has 0 saturated carbocycles. The van der Waals surface area contributed by atoms with Gasteiger partial charge >= 0.3 is 6.03 Å². The molecule has 2 fully saturated rings. The summed E-state index contributed by atoms with van der Waals surface area (Å²) in [6.45, 7) is 3.05. The van der Waals surface area contributed by atoms with Crippen LogP contribution in [0, 0.1) is 6.92 Å². The van der Waals surface area contributed by atoms with Gasteiger partial charge in [-0.25, -0.2) is 4.79 Å². The number of benzene rings is 2. The van der Waals surface area contributed by atoms with Gasteiger partial charge in [-0.3, -0.25) is 9.59 Å². The van der Waals surface area contributed by atoms with E-state index in [-0.39, 0.29) is 31.4 Å². The summed E-state index contributed by atoms with van der Waals surface area (Å²) < 4.78 is 5.14. The molecule has 9 heteroatoms. The highest BCUT2D eigenvalue weighted by Crippen LogP contribution is 2.23. The standard InChI is InChI=1S/C23H26N4O5/c1-15-2-4-17(5-3-15)25-23(31)27-13-19(28)12-20(27)22(30)24-16-6-8-18(9-7-16)26-10-11-32-14-21(26)29/h2-9,19-20,28H,10-14H2,1H3,(H,24,30)(H,25,31)/t19-,20?/m0/s1. The maximum Gasteiger partial charge on any atom is 0.322 e. The van der Waals surface area contributed by atoms with Crippen molar-refractivity contribution < 1.29 is 24.2 Å². The van der Waals surface area contributed by atoms with Gasteiger partial charge in [-0.15, -0.1) is 0 Å². The van der Waals surface area contributed by atoms with Crippen LogP contribution in [-0.2, 0) is 14.3 Å². The Bertz CT molecular complexity index is 992. The minimum atomic E-state index is -0.795. The smallest absolute Gasteiger partial charge is 0.322 e. The van der Waals surface area contributed by atoms with Crippen molar-refractivity contribution in [3.8, 4) is 0 Å². The maximum absolute atomic E-state index is 12.9. The summed E-state index contributed by atoms with van der Waals surface area (Å²) in [4.78, 5) is 40.6. The first-order chi connectivity index (χ1) is 15.4. The van der Waals surface area contributed by atoms with Crippen molar-refractivity contribution >= 4 is 34.9 Å². The zero-order valence-electron chi connectivity index (χ0n) is 17.8. The van der Waals surface area contributed by atoms with Gasteiger partial charge in [-0.05, 0) is 43.3 Å². The second-order valence-corrected chi connectivity index (χ2v) is 7.99. The highest BCUT2D eigenvalue weighted by molar-refractivity contribution is 6.00. The summed E-state index contributed by atoms with van der Waals surface area (Å²) in [5.74, 6) is -0.487. The lowest BCUT2D eigenvalue weighted by Gasteiger charge is -2.27. The SMILES string of the molecule is Cc1ccc(NC(=O)N2C[C@@H](O)CC2C(=O)Nc2ccc(N3CCOCC3=O)cc2)cc1. The molecule has 0 aromatic heterocycles. The number of nitrogens with zero attached hydrogens (tertiary/aromatic N) is 2. The van der Waals surface area contributed by atoms with Crippen molar-refractivity contribution in [2.45, 2.75) is 25.5 Å². The lowest BCUT2D eigenvalue weighted by molar-refractivity contribution is -0.125. The molecule has 2 heterocycles. The molecule has 2 aromatic carbocycles. The first kappa shape index (κ1) is 21.8. The van der Waals surface area contributed by atoms with Crippen LogP contribution >= 0.6 is 0 Å². The van der Waals surface area contributed by atoms with E-state index >= 15 is 0 Å². The molecule has 0 bridgehead atoms. The number of β-amino-alcohol motifs (C(OH)–C–C–N with tert-alkyl or cyclic N) is 1. The second kappa shape index (κ2) is 9.37. The summed E-state index contributed by atoms with van der Waals surface area (Å²) >= 11 is 0. The van der Waals surface area contributed by atoms with E-state index in [1.165, 1.54) is 4.90 Å². The van der Waals surface area contributed by atoms with Gasteiger partial charge in [0.25, 0.3) is 5.91 Å². The third kappa shape index (κ3) is 4.90. The number of carbonyl (C=O) groups excluding carboxylic acids is 3. The van der Waals surface area contributed by atoms with E-state index in [1.807, 2.05) is 19.1 Å². The normalized spacial score (nSPS) is 20.9. The summed E-state index contributed by atoms with van der Waals surface area (Å²) in [5, 5.41) is 15.7. The molecule has 32 heavy (non-hydrogen) atoms. The fourth-order valence-corrected chi connectivity index (χ4v) is 3.86. The topological polar surface area (TPSA) is 111 Å². The molecule has 0 radical (unpaired) electrons. The molecule has 0 aliphatic carbocycles. The Labute approximate surface area is 186 Å².